The Balaban J connectivity index is 1.40. The first-order chi connectivity index (χ1) is 19.1. The van der Waals surface area contributed by atoms with Crippen LogP contribution in [-0.4, -0.2) is 70.3 Å². The molecule has 1 aliphatic heterocycles. The number of nitrogens with zero attached hydrogens (tertiary/aromatic N) is 6. The summed E-state index contributed by atoms with van der Waals surface area (Å²) in [6.07, 6.45) is 8.15. The molecule has 13 heteroatoms. The topological polar surface area (TPSA) is 119 Å². The molecule has 4 heterocycles. The van der Waals surface area contributed by atoms with Crippen molar-refractivity contribution in [2.75, 3.05) is 51.2 Å². The van der Waals surface area contributed by atoms with Gasteiger partial charge in [0.15, 0.2) is 0 Å². The van der Waals surface area contributed by atoms with Gasteiger partial charge in [-0.15, -0.1) is 0 Å². The summed E-state index contributed by atoms with van der Waals surface area (Å²) in [4.78, 5) is 24.1. The third kappa shape index (κ3) is 6.28. The molecule has 0 atom stereocenters. The first-order valence-electron chi connectivity index (χ1n) is 12.1. The predicted molar refractivity (Wildman–Crippen MR) is 150 cm³/mol. The number of nitrogens with one attached hydrogen (secondary N) is 2. The Morgan fingerprint density at radius 1 is 0.872 bits per heavy atom. The molecule has 1 saturated heterocycles. The molecule has 5 rings (SSSR count). The molecule has 0 unspecified atom stereocenters. The molecule has 0 aliphatic carbocycles. The number of rotatable bonds is 9. The van der Waals surface area contributed by atoms with Crippen LogP contribution in [0.2, 0.25) is 10.0 Å². The van der Waals surface area contributed by atoms with Gasteiger partial charge in [-0.1, -0.05) is 23.2 Å². The molecule has 0 saturated carbocycles. The second kappa shape index (κ2) is 12.4. The molecule has 0 bridgehead atoms. The normalized spacial score (nSPS) is 13.6. The van der Waals surface area contributed by atoms with E-state index in [9.17, 15) is 0 Å². The van der Waals surface area contributed by atoms with Crippen LogP contribution >= 0.6 is 23.2 Å². The van der Waals surface area contributed by atoms with Gasteiger partial charge in [0.1, 0.15) is 45.8 Å². The first kappa shape index (κ1) is 26.8. The Morgan fingerprint density at radius 3 is 2.38 bits per heavy atom. The molecule has 1 fully saturated rings. The van der Waals surface area contributed by atoms with E-state index in [1.165, 1.54) is 26.9 Å². The summed E-state index contributed by atoms with van der Waals surface area (Å²) < 4.78 is 16.2. The summed E-state index contributed by atoms with van der Waals surface area (Å²) in [5.41, 5.74) is 3.48. The Morgan fingerprint density at radius 2 is 1.64 bits per heavy atom. The lowest BCUT2D eigenvalue weighted by atomic mass is 10.2. The number of aromatic nitrogens is 5. The minimum absolute atomic E-state index is 0.280. The molecule has 4 aromatic rings. The smallest absolute Gasteiger partial charge is 0.143 e. The van der Waals surface area contributed by atoms with E-state index in [1.54, 1.807) is 24.5 Å². The maximum atomic E-state index is 6.56. The number of hydrogen-bond donors (Lipinski definition) is 2. The Bertz CT molecular complexity index is 1420. The molecular formula is C26H26Cl2N8O3. The quantitative estimate of drug-likeness (QED) is 0.284. The Labute approximate surface area is 235 Å². The first-order valence-corrected chi connectivity index (χ1v) is 12.8. The van der Waals surface area contributed by atoms with E-state index in [-0.39, 0.29) is 10.0 Å². The molecule has 11 nitrogen and oxygen atoms in total. The molecule has 1 aromatic carbocycles. The number of methoxy groups -OCH3 is 2. The van der Waals surface area contributed by atoms with Crippen molar-refractivity contribution >= 4 is 46.2 Å². The summed E-state index contributed by atoms with van der Waals surface area (Å²) in [6, 6.07) is 5.47. The number of halogens is 2. The molecule has 39 heavy (non-hydrogen) atoms. The zero-order valence-electron chi connectivity index (χ0n) is 21.3. The van der Waals surface area contributed by atoms with Crippen LogP contribution in [0, 0.1) is 0 Å². The van der Waals surface area contributed by atoms with Gasteiger partial charge >= 0.3 is 0 Å². The van der Waals surface area contributed by atoms with Crippen LogP contribution in [0.5, 0.6) is 11.5 Å². The third-order valence-corrected chi connectivity index (χ3v) is 6.80. The van der Waals surface area contributed by atoms with Crippen molar-refractivity contribution in [2.24, 2.45) is 0 Å². The van der Waals surface area contributed by atoms with E-state index in [0.717, 1.165) is 44.1 Å². The van der Waals surface area contributed by atoms with Crippen LogP contribution in [0.1, 0.15) is 5.56 Å². The average molecular weight is 569 g/mol. The maximum Gasteiger partial charge on any atom is 0.143 e. The SMILES string of the molecule is COc1cc(OC)c(Cl)c(Nc2ncncc2-c2cc(Nc3cncc(CN4CCOCC4)c3)ncn2)c1Cl. The fraction of sp³-hybridized carbons (Fsp3) is 0.269. The molecule has 1 aliphatic rings. The van der Waals surface area contributed by atoms with Crippen molar-refractivity contribution in [1.29, 1.82) is 0 Å². The van der Waals surface area contributed by atoms with Crippen molar-refractivity contribution in [1.82, 2.24) is 29.8 Å². The van der Waals surface area contributed by atoms with Gasteiger partial charge < -0.3 is 24.8 Å². The second-order valence-corrected chi connectivity index (χ2v) is 9.33. The van der Waals surface area contributed by atoms with E-state index in [1.807, 2.05) is 6.20 Å². The number of pyridine rings is 1. The van der Waals surface area contributed by atoms with Crippen LogP contribution in [-0.2, 0) is 11.3 Å². The number of benzene rings is 1. The molecule has 0 amide bonds. The molecule has 202 valence electrons. The van der Waals surface area contributed by atoms with E-state index < -0.39 is 0 Å². The Kier molecular flexibility index (Phi) is 8.52. The van der Waals surface area contributed by atoms with Crippen LogP contribution in [0.25, 0.3) is 11.3 Å². The maximum absolute atomic E-state index is 6.56. The minimum atomic E-state index is 0.280. The van der Waals surface area contributed by atoms with E-state index in [4.69, 9.17) is 37.4 Å². The van der Waals surface area contributed by atoms with Gasteiger partial charge in [0, 0.05) is 44.2 Å². The van der Waals surface area contributed by atoms with Gasteiger partial charge in [0.25, 0.3) is 0 Å². The summed E-state index contributed by atoms with van der Waals surface area (Å²) in [7, 11) is 3.02. The molecule has 0 spiro atoms. The van der Waals surface area contributed by atoms with Crippen molar-refractivity contribution < 1.29 is 14.2 Å². The average Bonchev–Trinajstić information content (AvgIpc) is 2.96. The lowest BCUT2D eigenvalue weighted by Crippen LogP contribution is -2.35. The van der Waals surface area contributed by atoms with Crippen molar-refractivity contribution in [2.45, 2.75) is 6.54 Å². The fourth-order valence-corrected chi connectivity index (χ4v) is 4.71. The van der Waals surface area contributed by atoms with Crippen LogP contribution in [0.4, 0.5) is 23.0 Å². The monoisotopic (exact) mass is 568 g/mol. The van der Waals surface area contributed by atoms with Gasteiger partial charge in [0.2, 0.25) is 0 Å². The van der Waals surface area contributed by atoms with Gasteiger partial charge in [-0.2, -0.15) is 0 Å². The largest absolute Gasteiger partial charge is 0.495 e. The van der Waals surface area contributed by atoms with Crippen LogP contribution < -0.4 is 20.1 Å². The minimum Gasteiger partial charge on any atom is -0.495 e. The molecule has 3 aromatic heterocycles. The van der Waals surface area contributed by atoms with Gasteiger partial charge in [-0.25, -0.2) is 19.9 Å². The lowest BCUT2D eigenvalue weighted by Gasteiger charge is -2.26. The van der Waals surface area contributed by atoms with Crippen molar-refractivity contribution in [3.8, 4) is 22.8 Å². The predicted octanol–water partition coefficient (Wildman–Crippen LogP) is 4.97. The summed E-state index contributed by atoms with van der Waals surface area (Å²) >= 11 is 13.1. The molecule has 2 N–H and O–H groups in total. The highest BCUT2D eigenvalue weighted by Gasteiger charge is 2.20. The van der Waals surface area contributed by atoms with E-state index in [2.05, 4.69) is 46.5 Å². The third-order valence-electron chi connectivity index (χ3n) is 6.05. The van der Waals surface area contributed by atoms with Gasteiger partial charge in [-0.05, 0) is 11.6 Å². The Hall–Kier alpha value is -3.77. The molecular weight excluding hydrogens is 543 g/mol. The number of anilines is 4. The van der Waals surface area contributed by atoms with Crippen LogP contribution in [0.15, 0.2) is 49.4 Å². The van der Waals surface area contributed by atoms with Crippen LogP contribution in [0.3, 0.4) is 0 Å². The highest BCUT2D eigenvalue weighted by Crippen LogP contribution is 2.45. The lowest BCUT2D eigenvalue weighted by molar-refractivity contribution is 0.0341. The van der Waals surface area contributed by atoms with Gasteiger partial charge in [0.05, 0.1) is 56.3 Å². The second-order valence-electron chi connectivity index (χ2n) is 8.58. The summed E-state index contributed by atoms with van der Waals surface area (Å²) in [5.74, 6) is 1.81. The van der Waals surface area contributed by atoms with E-state index >= 15 is 0 Å². The highest BCUT2D eigenvalue weighted by atomic mass is 35.5. The van der Waals surface area contributed by atoms with E-state index in [0.29, 0.717) is 40.1 Å². The zero-order chi connectivity index (χ0) is 27.2. The summed E-state index contributed by atoms with van der Waals surface area (Å²) in [5, 5.41) is 7.07. The number of morpholine rings is 1. The summed E-state index contributed by atoms with van der Waals surface area (Å²) in [6.45, 7) is 4.11. The van der Waals surface area contributed by atoms with Crippen molar-refractivity contribution in [3.63, 3.8) is 0 Å². The number of ether oxygens (including phenoxy) is 3. The molecule has 0 radical (unpaired) electrons. The zero-order valence-corrected chi connectivity index (χ0v) is 22.8. The standard InChI is InChI=1S/C26H26Cl2N8O3/c1-37-20-9-21(38-2)24(28)25(23(20)27)35-26-18(12-30-14-33-26)19-8-22(32-15-31-19)34-17-7-16(10-29-11-17)13-36-3-5-39-6-4-36/h7-12,14-15H,3-6,13H2,1-2H3,(H,30,33,35)(H,31,32,34). The van der Waals surface area contributed by atoms with Gasteiger partial charge in [-0.3, -0.25) is 9.88 Å². The van der Waals surface area contributed by atoms with Crippen molar-refractivity contribution in [3.05, 3.63) is 65.1 Å². The highest BCUT2D eigenvalue weighted by molar-refractivity contribution is 6.41. The fourth-order valence-electron chi connectivity index (χ4n) is 4.11. The number of hydrogen-bond acceptors (Lipinski definition) is 11.